The molecular formula is C12H11N3O. The topological polar surface area (TPSA) is 71.8 Å². The predicted octanol–water partition coefficient (Wildman–Crippen LogP) is 1.31. The Morgan fingerprint density at radius 2 is 2.19 bits per heavy atom. The highest BCUT2D eigenvalue weighted by Crippen LogP contribution is 2.24. The summed E-state index contributed by atoms with van der Waals surface area (Å²) in [5.74, 6) is -0.409. The van der Waals surface area contributed by atoms with Gasteiger partial charge in [0.15, 0.2) is 0 Å². The first-order valence-corrected chi connectivity index (χ1v) is 4.91. The van der Waals surface area contributed by atoms with Crippen LogP contribution in [0, 0.1) is 18.3 Å². The van der Waals surface area contributed by atoms with Crippen LogP contribution >= 0.6 is 0 Å². The molecule has 1 aromatic carbocycles. The van der Waals surface area contributed by atoms with E-state index in [1.807, 2.05) is 31.2 Å². The molecule has 0 saturated carbocycles. The monoisotopic (exact) mass is 213 g/mol. The van der Waals surface area contributed by atoms with Crippen LogP contribution in [0.1, 0.15) is 11.3 Å². The maximum absolute atomic E-state index is 11.0. The van der Waals surface area contributed by atoms with Crippen molar-refractivity contribution in [1.82, 2.24) is 4.57 Å². The maximum Gasteiger partial charge on any atom is 0.237 e. The standard InChI is InChI=1S/C12H11N3O/c1-8-10(6-13)9-4-2-3-5-11(9)15(8)7-12(14)16/h2-5H,7H2,1H3,(H2,14,16). The Bertz CT molecular complexity index is 604. The van der Waals surface area contributed by atoms with Gasteiger partial charge in [-0.2, -0.15) is 5.26 Å². The van der Waals surface area contributed by atoms with Crippen molar-refractivity contribution in [1.29, 1.82) is 5.26 Å². The molecule has 0 bridgehead atoms. The van der Waals surface area contributed by atoms with Crippen molar-refractivity contribution in [2.75, 3.05) is 0 Å². The summed E-state index contributed by atoms with van der Waals surface area (Å²) >= 11 is 0. The molecule has 1 amide bonds. The number of hydrogen-bond donors (Lipinski definition) is 1. The van der Waals surface area contributed by atoms with Crippen LogP contribution in [-0.4, -0.2) is 10.5 Å². The molecule has 0 saturated heterocycles. The average molecular weight is 213 g/mol. The summed E-state index contributed by atoms with van der Waals surface area (Å²) in [6.45, 7) is 1.93. The zero-order chi connectivity index (χ0) is 11.7. The minimum atomic E-state index is -0.409. The number of fused-ring (bicyclic) bond motifs is 1. The van der Waals surface area contributed by atoms with E-state index in [1.165, 1.54) is 0 Å². The Morgan fingerprint density at radius 1 is 1.50 bits per heavy atom. The summed E-state index contributed by atoms with van der Waals surface area (Å²) < 4.78 is 1.77. The first kappa shape index (κ1) is 10.2. The molecule has 4 nitrogen and oxygen atoms in total. The number of nitrogens with two attached hydrogens (primary N) is 1. The lowest BCUT2D eigenvalue weighted by Gasteiger charge is -2.04. The lowest BCUT2D eigenvalue weighted by molar-refractivity contribution is -0.118. The lowest BCUT2D eigenvalue weighted by atomic mass is 10.1. The zero-order valence-electron chi connectivity index (χ0n) is 8.90. The fourth-order valence-electron chi connectivity index (χ4n) is 1.93. The lowest BCUT2D eigenvalue weighted by Crippen LogP contribution is -2.19. The van der Waals surface area contributed by atoms with Crippen molar-refractivity contribution in [3.63, 3.8) is 0 Å². The Hall–Kier alpha value is -2.28. The molecular weight excluding hydrogens is 202 g/mol. The summed E-state index contributed by atoms with van der Waals surface area (Å²) in [4.78, 5) is 11.0. The van der Waals surface area contributed by atoms with Crippen LogP contribution in [-0.2, 0) is 11.3 Å². The number of nitrogens with zero attached hydrogens (tertiary/aromatic N) is 2. The third-order valence-electron chi connectivity index (χ3n) is 2.66. The predicted molar refractivity (Wildman–Crippen MR) is 60.6 cm³/mol. The number of nitriles is 1. The summed E-state index contributed by atoms with van der Waals surface area (Å²) in [5, 5.41) is 9.95. The maximum atomic E-state index is 11.0. The molecule has 16 heavy (non-hydrogen) atoms. The van der Waals surface area contributed by atoms with Gasteiger partial charge in [0.25, 0.3) is 0 Å². The van der Waals surface area contributed by atoms with Gasteiger partial charge in [0.05, 0.1) is 11.1 Å². The second-order valence-corrected chi connectivity index (χ2v) is 3.64. The van der Waals surface area contributed by atoms with Gasteiger partial charge in [-0.3, -0.25) is 4.79 Å². The van der Waals surface area contributed by atoms with Crippen LogP contribution in [0.15, 0.2) is 24.3 Å². The second kappa shape index (κ2) is 3.70. The van der Waals surface area contributed by atoms with Crippen molar-refractivity contribution < 1.29 is 4.79 Å². The van der Waals surface area contributed by atoms with E-state index in [1.54, 1.807) is 4.57 Å². The van der Waals surface area contributed by atoms with Crippen LogP contribution in [0.25, 0.3) is 10.9 Å². The number of benzene rings is 1. The van der Waals surface area contributed by atoms with Crippen molar-refractivity contribution in [2.45, 2.75) is 13.5 Å². The van der Waals surface area contributed by atoms with Gasteiger partial charge in [-0.1, -0.05) is 18.2 Å². The molecule has 2 N–H and O–H groups in total. The highest BCUT2D eigenvalue weighted by Gasteiger charge is 2.13. The first-order valence-electron chi connectivity index (χ1n) is 4.91. The molecule has 0 spiro atoms. The van der Waals surface area contributed by atoms with Crippen LogP contribution in [0.3, 0.4) is 0 Å². The van der Waals surface area contributed by atoms with E-state index in [2.05, 4.69) is 6.07 Å². The van der Waals surface area contributed by atoms with Gasteiger partial charge >= 0.3 is 0 Å². The molecule has 0 unspecified atom stereocenters. The number of carbonyl (C=O) groups excluding carboxylic acids is 1. The van der Waals surface area contributed by atoms with Gasteiger partial charge < -0.3 is 10.3 Å². The van der Waals surface area contributed by atoms with Crippen LogP contribution in [0.5, 0.6) is 0 Å². The number of amides is 1. The first-order chi connectivity index (χ1) is 7.65. The fraction of sp³-hybridized carbons (Fsp3) is 0.167. The van der Waals surface area contributed by atoms with Crippen LogP contribution < -0.4 is 5.73 Å². The van der Waals surface area contributed by atoms with Crippen molar-refractivity contribution in [3.8, 4) is 6.07 Å². The van der Waals surface area contributed by atoms with Gasteiger partial charge in [0.1, 0.15) is 12.6 Å². The molecule has 1 aromatic heterocycles. The summed E-state index contributed by atoms with van der Waals surface area (Å²) in [5.41, 5.74) is 7.45. The molecule has 80 valence electrons. The van der Waals surface area contributed by atoms with E-state index in [9.17, 15) is 4.79 Å². The second-order valence-electron chi connectivity index (χ2n) is 3.64. The van der Waals surface area contributed by atoms with E-state index in [0.29, 0.717) is 5.56 Å². The number of primary amides is 1. The normalized spacial score (nSPS) is 10.2. The molecule has 4 heteroatoms. The highest BCUT2D eigenvalue weighted by molar-refractivity contribution is 5.89. The zero-order valence-corrected chi connectivity index (χ0v) is 8.90. The third kappa shape index (κ3) is 1.43. The minimum absolute atomic E-state index is 0.105. The Labute approximate surface area is 92.9 Å². The van der Waals surface area contributed by atoms with Gasteiger partial charge in [-0.25, -0.2) is 0 Å². The number of hydrogen-bond acceptors (Lipinski definition) is 2. The Balaban J connectivity index is 2.78. The summed E-state index contributed by atoms with van der Waals surface area (Å²) in [6.07, 6.45) is 0. The smallest absolute Gasteiger partial charge is 0.237 e. The van der Waals surface area contributed by atoms with E-state index in [-0.39, 0.29) is 6.54 Å². The SMILES string of the molecule is Cc1c(C#N)c2ccccc2n1CC(N)=O. The average Bonchev–Trinajstić information content (AvgIpc) is 2.52. The molecule has 0 aliphatic rings. The minimum Gasteiger partial charge on any atom is -0.368 e. The Kier molecular flexibility index (Phi) is 2.37. The number of rotatable bonds is 2. The largest absolute Gasteiger partial charge is 0.368 e. The van der Waals surface area contributed by atoms with Crippen LogP contribution in [0.4, 0.5) is 0 Å². The molecule has 0 aliphatic heterocycles. The molecule has 2 aromatic rings. The molecule has 0 atom stereocenters. The molecule has 1 heterocycles. The molecule has 2 rings (SSSR count). The van der Waals surface area contributed by atoms with E-state index in [4.69, 9.17) is 11.0 Å². The molecule has 0 fully saturated rings. The van der Waals surface area contributed by atoms with Gasteiger partial charge in [-0.05, 0) is 13.0 Å². The third-order valence-corrected chi connectivity index (χ3v) is 2.66. The molecule has 0 radical (unpaired) electrons. The highest BCUT2D eigenvalue weighted by atomic mass is 16.1. The van der Waals surface area contributed by atoms with Gasteiger partial charge in [-0.15, -0.1) is 0 Å². The van der Waals surface area contributed by atoms with Gasteiger partial charge in [0, 0.05) is 11.1 Å². The summed E-state index contributed by atoms with van der Waals surface area (Å²) in [7, 11) is 0. The van der Waals surface area contributed by atoms with E-state index in [0.717, 1.165) is 16.6 Å². The number of carbonyl (C=O) groups is 1. The quantitative estimate of drug-likeness (QED) is 0.816. The van der Waals surface area contributed by atoms with Crippen molar-refractivity contribution >= 4 is 16.8 Å². The van der Waals surface area contributed by atoms with Crippen LogP contribution in [0.2, 0.25) is 0 Å². The van der Waals surface area contributed by atoms with Crippen molar-refractivity contribution in [2.24, 2.45) is 5.73 Å². The number of para-hydroxylation sites is 1. The Morgan fingerprint density at radius 3 is 2.81 bits per heavy atom. The van der Waals surface area contributed by atoms with Crippen molar-refractivity contribution in [3.05, 3.63) is 35.5 Å². The van der Waals surface area contributed by atoms with Gasteiger partial charge in [0.2, 0.25) is 5.91 Å². The number of aromatic nitrogens is 1. The summed E-state index contributed by atoms with van der Waals surface area (Å²) in [6, 6.07) is 9.66. The van der Waals surface area contributed by atoms with E-state index >= 15 is 0 Å². The molecule has 0 aliphatic carbocycles. The fourth-order valence-corrected chi connectivity index (χ4v) is 1.93. The van der Waals surface area contributed by atoms with E-state index < -0.39 is 5.91 Å².